The van der Waals surface area contributed by atoms with Crippen LogP contribution in [-0.2, 0) is 4.79 Å². The molecule has 1 aliphatic heterocycles. The van der Waals surface area contributed by atoms with Crippen LogP contribution >= 0.6 is 11.6 Å². The van der Waals surface area contributed by atoms with Crippen LogP contribution in [0.25, 0.3) is 0 Å². The number of carbonyl (C=O) groups excluding carboxylic acids is 2. The van der Waals surface area contributed by atoms with Crippen molar-refractivity contribution in [2.45, 2.75) is 26.7 Å². The minimum Gasteiger partial charge on any atom is -0.484 e. The highest BCUT2D eigenvalue weighted by Gasteiger charge is 2.20. The number of hydrogen-bond donors (Lipinski definition) is 2. The van der Waals surface area contributed by atoms with Gasteiger partial charge in [-0.2, -0.15) is 0 Å². The van der Waals surface area contributed by atoms with Crippen molar-refractivity contribution < 1.29 is 14.3 Å². The molecule has 7 heteroatoms. The minimum absolute atomic E-state index is 0.126. The van der Waals surface area contributed by atoms with Gasteiger partial charge in [0.25, 0.3) is 11.8 Å². The SMILES string of the molecule is CC(C)CNC(=O)c1cc(NC(=O)COc2ccc(Cl)cc2)ccc1N1CCCC1. The van der Waals surface area contributed by atoms with Gasteiger partial charge in [0, 0.05) is 36.0 Å². The van der Waals surface area contributed by atoms with Gasteiger partial charge in [-0.1, -0.05) is 25.4 Å². The Labute approximate surface area is 182 Å². The molecule has 160 valence electrons. The summed E-state index contributed by atoms with van der Waals surface area (Å²) in [5, 5.41) is 6.40. The Morgan fingerprint density at radius 2 is 1.80 bits per heavy atom. The maximum Gasteiger partial charge on any atom is 0.262 e. The monoisotopic (exact) mass is 429 g/mol. The second-order valence-corrected chi connectivity index (χ2v) is 8.26. The summed E-state index contributed by atoms with van der Waals surface area (Å²) in [5.74, 6) is 0.497. The van der Waals surface area contributed by atoms with E-state index in [9.17, 15) is 9.59 Å². The van der Waals surface area contributed by atoms with Gasteiger partial charge < -0.3 is 20.3 Å². The Bertz CT molecular complexity index is 878. The highest BCUT2D eigenvalue weighted by atomic mass is 35.5. The molecule has 1 saturated heterocycles. The number of benzene rings is 2. The molecule has 1 aliphatic rings. The molecule has 2 N–H and O–H groups in total. The Morgan fingerprint density at radius 3 is 2.47 bits per heavy atom. The first-order valence-corrected chi connectivity index (χ1v) is 10.7. The molecule has 0 radical (unpaired) electrons. The van der Waals surface area contributed by atoms with Crippen LogP contribution in [0, 0.1) is 5.92 Å². The highest BCUT2D eigenvalue weighted by molar-refractivity contribution is 6.30. The van der Waals surface area contributed by atoms with Gasteiger partial charge in [0.1, 0.15) is 5.75 Å². The lowest BCUT2D eigenvalue weighted by Crippen LogP contribution is -2.30. The fraction of sp³-hybridized carbons (Fsp3) is 0.391. The Balaban J connectivity index is 1.69. The van der Waals surface area contributed by atoms with Gasteiger partial charge in [-0.15, -0.1) is 0 Å². The quantitative estimate of drug-likeness (QED) is 0.654. The van der Waals surface area contributed by atoms with Crippen molar-refractivity contribution in [3.63, 3.8) is 0 Å². The topological polar surface area (TPSA) is 70.7 Å². The van der Waals surface area contributed by atoms with Crippen molar-refractivity contribution in [1.82, 2.24) is 5.32 Å². The number of carbonyl (C=O) groups is 2. The van der Waals surface area contributed by atoms with Gasteiger partial charge in [0.2, 0.25) is 0 Å². The number of amides is 2. The van der Waals surface area contributed by atoms with Crippen LogP contribution in [0.5, 0.6) is 5.75 Å². The molecule has 2 aromatic carbocycles. The molecule has 6 nitrogen and oxygen atoms in total. The Hall–Kier alpha value is -2.73. The molecule has 1 heterocycles. The molecule has 0 aliphatic carbocycles. The van der Waals surface area contributed by atoms with Crippen LogP contribution in [0.1, 0.15) is 37.0 Å². The van der Waals surface area contributed by atoms with Crippen LogP contribution < -0.4 is 20.3 Å². The summed E-state index contributed by atoms with van der Waals surface area (Å²) in [6.45, 7) is 6.45. The van der Waals surface area contributed by atoms with E-state index < -0.39 is 0 Å². The number of nitrogens with zero attached hydrogens (tertiary/aromatic N) is 1. The molecule has 0 spiro atoms. The second-order valence-electron chi connectivity index (χ2n) is 7.82. The lowest BCUT2D eigenvalue weighted by molar-refractivity contribution is -0.118. The largest absolute Gasteiger partial charge is 0.484 e. The fourth-order valence-electron chi connectivity index (χ4n) is 3.30. The average molecular weight is 430 g/mol. The number of halogens is 1. The molecular formula is C23H28ClN3O3. The first kappa shape index (κ1) is 22.0. The van der Waals surface area contributed by atoms with Crippen molar-refractivity contribution in [1.29, 1.82) is 0 Å². The number of hydrogen-bond acceptors (Lipinski definition) is 4. The molecule has 0 unspecified atom stereocenters. The van der Waals surface area contributed by atoms with Crippen LogP contribution in [0.4, 0.5) is 11.4 Å². The number of rotatable bonds is 8. The maximum absolute atomic E-state index is 12.8. The minimum atomic E-state index is -0.299. The molecule has 2 aromatic rings. The van der Waals surface area contributed by atoms with E-state index in [-0.39, 0.29) is 18.4 Å². The van der Waals surface area contributed by atoms with Gasteiger partial charge in [0.05, 0.1) is 5.56 Å². The molecule has 30 heavy (non-hydrogen) atoms. The summed E-state index contributed by atoms with van der Waals surface area (Å²) in [6, 6.07) is 12.3. The van der Waals surface area contributed by atoms with Crippen molar-refractivity contribution in [3.05, 3.63) is 53.1 Å². The van der Waals surface area contributed by atoms with Gasteiger partial charge in [-0.25, -0.2) is 0 Å². The smallest absolute Gasteiger partial charge is 0.262 e. The summed E-state index contributed by atoms with van der Waals surface area (Å²) < 4.78 is 5.48. The zero-order valence-electron chi connectivity index (χ0n) is 17.4. The van der Waals surface area contributed by atoms with Gasteiger partial charge in [0.15, 0.2) is 6.61 Å². The first-order valence-electron chi connectivity index (χ1n) is 10.3. The lowest BCUT2D eigenvalue weighted by Gasteiger charge is -2.22. The van der Waals surface area contributed by atoms with Gasteiger partial charge in [-0.05, 0) is 61.2 Å². The van der Waals surface area contributed by atoms with E-state index in [0.29, 0.717) is 34.5 Å². The van der Waals surface area contributed by atoms with E-state index in [1.54, 1.807) is 30.3 Å². The zero-order chi connectivity index (χ0) is 21.5. The molecule has 0 bridgehead atoms. The van der Waals surface area contributed by atoms with E-state index >= 15 is 0 Å². The molecule has 3 rings (SSSR count). The lowest BCUT2D eigenvalue weighted by atomic mass is 10.1. The molecule has 0 saturated carbocycles. The summed E-state index contributed by atoms with van der Waals surface area (Å²) in [6.07, 6.45) is 2.24. The number of ether oxygens (including phenoxy) is 1. The zero-order valence-corrected chi connectivity index (χ0v) is 18.2. The predicted molar refractivity (Wildman–Crippen MR) is 121 cm³/mol. The Morgan fingerprint density at radius 1 is 1.10 bits per heavy atom. The molecular weight excluding hydrogens is 402 g/mol. The third kappa shape index (κ3) is 6.13. The fourth-order valence-corrected chi connectivity index (χ4v) is 3.42. The van der Waals surface area contributed by atoms with E-state index in [1.165, 1.54) is 0 Å². The highest BCUT2D eigenvalue weighted by Crippen LogP contribution is 2.27. The van der Waals surface area contributed by atoms with Crippen molar-refractivity contribution in [2.24, 2.45) is 5.92 Å². The van der Waals surface area contributed by atoms with Gasteiger partial charge in [-0.3, -0.25) is 9.59 Å². The predicted octanol–water partition coefficient (Wildman–Crippen LogP) is 4.34. The molecule has 0 atom stereocenters. The van der Waals surface area contributed by atoms with E-state index in [1.807, 2.05) is 12.1 Å². The molecule has 0 aromatic heterocycles. The number of nitrogens with one attached hydrogen (secondary N) is 2. The van der Waals surface area contributed by atoms with E-state index in [2.05, 4.69) is 29.4 Å². The third-order valence-electron chi connectivity index (χ3n) is 4.83. The number of anilines is 2. The molecule has 1 fully saturated rings. The standard InChI is InChI=1S/C23H28ClN3O3/c1-16(2)14-25-23(29)20-13-18(7-10-21(20)27-11-3-4-12-27)26-22(28)15-30-19-8-5-17(24)6-9-19/h5-10,13,16H,3-4,11-12,14-15H2,1-2H3,(H,25,29)(H,26,28). The first-order chi connectivity index (χ1) is 14.4. The van der Waals surface area contributed by atoms with Crippen LogP contribution in [0.3, 0.4) is 0 Å². The average Bonchev–Trinajstić information content (AvgIpc) is 3.26. The maximum atomic E-state index is 12.8. The van der Waals surface area contributed by atoms with Crippen molar-refractivity contribution >= 4 is 34.8 Å². The van der Waals surface area contributed by atoms with Crippen LogP contribution in [-0.4, -0.2) is 38.1 Å². The summed E-state index contributed by atoms with van der Waals surface area (Å²) in [7, 11) is 0. The van der Waals surface area contributed by atoms with Crippen LogP contribution in [0.2, 0.25) is 5.02 Å². The Kier molecular flexibility index (Phi) is 7.57. The molecule has 2 amide bonds. The third-order valence-corrected chi connectivity index (χ3v) is 5.08. The van der Waals surface area contributed by atoms with Crippen LogP contribution in [0.15, 0.2) is 42.5 Å². The van der Waals surface area contributed by atoms with Crippen molar-refractivity contribution in [2.75, 3.05) is 36.5 Å². The normalized spacial score (nSPS) is 13.4. The van der Waals surface area contributed by atoms with Crippen molar-refractivity contribution in [3.8, 4) is 5.75 Å². The summed E-state index contributed by atoms with van der Waals surface area (Å²) in [4.78, 5) is 27.4. The second kappa shape index (κ2) is 10.3. The summed E-state index contributed by atoms with van der Waals surface area (Å²) >= 11 is 5.85. The van der Waals surface area contributed by atoms with Gasteiger partial charge >= 0.3 is 0 Å². The summed E-state index contributed by atoms with van der Waals surface area (Å²) in [5.41, 5.74) is 2.05. The van der Waals surface area contributed by atoms with E-state index in [0.717, 1.165) is 31.6 Å². The van der Waals surface area contributed by atoms with E-state index in [4.69, 9.17) is 16.3 Å².